The highest BCUT2D eigenvalue weighted by atomic mass is 16.6. The van der Waals surface area contributed by atoms with Crippen LogP contribution in [0.3, 0.4) is 0 Å². The number of nitrogen functional groups attached to an aromatic ring is 1. The van der Waals surface area contributed by atoms with Crippen LogP contribution in [0.5, 0.6) is 0 Å². The number of carboxylic acids is 1. The third kappa shape index (κ3) is 1.70. The molecule has 0 saturated carbocycles. The van der Waals surface area contributed by atoms with Gasteiger partial charge in [0.05, 0.1) is 6.33 Å². The van der Waals surface area contributed by atoms with E-state index in [4.69, 9.17) is 15.6 Å². The van der Waals surface area contributed by atoms with E-state index in [-0.39, 0.29) is 11.5 Å². The van der Waals surface area contributed by atoms with Crippen LogP contribution in [0.2, 0.25) is 0 Å². The summed E-state index contributed by atoms with van der Waals surface area (Å²) in [4.78, 5) is 22.6. The number of rotatable bonds is 2. The predicted octanol–water partition coefficient (Wildman–Crippen LogP) is -1.89. The maximum absolute atomic E-state index is 10.9. The molecule has 1 fully saturated rings. The molecule has 0 radical (unpaired) electrons. The molecular weight excluding hydrogens is 270 g/mol. The van der Waals surface area contributed by atoms with Crippen molar-refractivity contribution in [3.8, 4) is 0 Å². The lowest BCUT2D eigenvalue weighted by Crippen LogP contribution is -2.35. The molecule has 1 aliphatic rings. The maximum Gasteiger partial charge on any atom is 0.335 e. The zero-order valence-corrected chi connectivity index (χ0v) is 9.99. The normalized spacial score (nSPS) is 29.9. The van der Waals surface area contributed by atoms with Crippen LogP contribution in [-0.4, -0.2) is 59.1 Å². The van der Waals surface area contributed by atoms with Crippen molar-refractivity contribution in [3.63, 3.8) is 0 Å². The van der Waals surface area contributed by atoms with E-state index < -0.39 is 30.5 Å². The number of carboxylic acid groups (broad SMARTS) is 1. The van der Waals surface area contributed by atoms with Crippen molar-refractivity contribution >= 4 is 23.0 Å². The molecule has 2 aromatic heterocycles. The van der Waals surface area contributed by atoms with E-state index in [1.165, 1.54) is 17.2 Å². The summed E-state index contributed by atoms with van der Waals surface area (Å²) in [7, 11) is 0. The minimum atomic E-state index is -1.55. The lowest BCUT2D eigenvalue weighted by Gasteiger charge is -2.16. The Hall–Kier alpha value is -2.30. The molecule has 0 aliphatic carbocycles. The van der Waals surface area contributed by atoms with Crippen molar-refractivity contribution in [1.29, 1.82) is 0 Å². The van der Waals surface area contributed by atoms with E-state index in [1.54, 1.807) is 0 Å². The van der Waals surface area contributed by atoms with E-state index in [1.807, 2.05) is 0 Å². The average molecular weight is 281 g/mol. The van der Waals surface area contributed by atoms with E-state index >= 15 is 0 Å². The van der Waals surface area contributed by atoms with Crippen LogP contribution < -0.4 is 5.73 Å². The third-order valence-electron chi connectivity index (χ3n) is 3.14. The van der Waals surface area contributed by atoms with Crippen molar-refractivity contribution in [2.45, 2.75) is 24.5 Å². The Kier molecular flexibility index (Phi) is 2.78. The molecule has 0 spiro atoms. The number of anilines is 1. The van der Waals surface area contributed by atoms with Gasteiger partial charge in [0.15, 0.2) is 23.8 Å². The van der Waals surface area contributed by atoms with Gasteiger partial charge in [0.25, 0.3) is 0 Å². The maximum atomic E-state index is 10.9. The molecular formula is C10H11N5O5. The van der Waals surface area contributed by atoms with Gasteiger partial charge in [-0.2, -0.15) is 0 Å². The molecule has 0 bridgehead atoms. The van der Waals surface area contributed by atoms with E-state index in [2.05, 4.69) is 15.0 Å². The highest BCUT2D eigenvalue weighted by molar-refractivity contribution is 5.81. The summed E-state index contributed by atoms with van der Waals surface area (Å²) in [6, 6.07) is 0. The number of carbonyl (C=O) groups is 1. The number of nitrogens with zero attached hydrogens (tertiary/aromatic N) is 4. The lowest BCUT2D eigenvalue weighted by atomic mass is 10.1. The number of nitrogens with two attached hydrogens (primary N) is 1. The number of aliphatic carboxylic acids is 1. The van der Waals surface area contributed by atoms with Gasteiger partial charge in [-0.3, -0.25) is 4.57 Å². The van der Waals surface area contributed by atoms with Crippen LogP contribution in [0, 0.1) is 0 Å². The summed E-state index contributed by atoms with van der Waals surface area (Å²) < 4.78 is 6.47. The monoisotopic (exact) mass is 281 g/mol. The molecule has 0 amide bonds. The highest BCUT2D eigenvalue weighted by Crippen LogP contribution is 2.31. The number of imidazole rings is 1. The highest BCUT2D eigenvalue weighted by Gasteiger charge is 2.47. The van der Waals surface area contributed by atoms with Gasteiger partial charge in [-0.1, -0.05) is 0 Å². The topological polar surface area (TPSA) is 157 Å². The molecule has 3 heterocycles. The van der Waals surface area contributed by atoms with Crippen LogP contribution in [0.15, 0.2) is 12.7 Å². The summed E-state index contributed by atoms with van der Waals surface area (Å²) in [6.45, 7) is 0. The standard InChI is InChI=1S/C10H11N5O5/c11-7-3-8(13-1-12-7)15(2-14-3)9-5(17)4(16)6(20-9)10(18)19/h1-2,4-6,9,16-17H,(H,18,19)(H2,11,12,13)/t4?,5?,6-,9+/m0/s1. The summed E-state index contributed by atoms with van der Waals surface area (Å²) in [6.07, 6.45) is -3.11. The Morgan fingerprint density at radius 2 is 2.05 bits per heavy atom. The van der Waals surface area contributed by atoms with Crippen molar-refractivity contribution in [2.24, 2.45) is 0 Å². The molecule has 10 heteroatoms. The molecule has 10 nitrogen and oxygen atoms in total. The Labute approximate surface area is 111 Å². The number of fused-ring (bicyclic) bond motifs is 1. The molecule has 1 saturated heterocycles. The third-order valence-corrected chi connectivity index (χ3v) is 3.14. The summed E-state index contributed by atoms with van der Waals surface area (Å²) >= 11 is 0. The second-order valence-electron chi connectivity index (χ2n) is 4.35. The quantitative estimate of drug-likeness (QED) is 0.494. The molecule has 3 rings (SSSR count). The smallest absolute Gasteiger partial charge is 0.335 e. The Bertz CT molecular complexity index is 673. The van der Waals surface area contributed by atoms with Gasteiger partial charge in [-0.15, -0.1) is 0 Å². The molecule has 2 aromatic rings. The van der Waals surface area contributed by atoms with Crippen molar-refractivity contribution in [2.75, 3.05) is 5.73 Å². The van der Waals surface area contributed by atoms with Gasteiger partial charge < -0.3 is 25.8 Å². The molecule has 1 aliphatic heterocycles. The number of aromatic nitrogens is 4. The Balaban J connectivity index is 2.04. The minimum Gasteiger partial charge on any atom is -0.479 e. The minimum absolute atomic E-state index is 0.150. The summed E-state index contributed by atoms with van der Waals surface area (Å²) in [5, 5.41) is 28.5. The summed E-state index contributed by atoms with van der Waals surface area (Å²) in [5.41, 5.74) is 6.21. The van der Waals surface area contributed by atoms with Crippen LogP contribution >= 0.6 is 0 Å². The fraction of sp³-hybridized carbons (Fsp3) is 0.400. The fourth-order valence-corrected chi connectivity index (χ4v) is 2.15. The molecule has 0 aromatic carbocycles. The van der Waals surface area contributed by atoms with Gasteiger partial charge >= 0.3 is 5.97 Å². The van der Waals surface area contributed by atoms with Crippen LogP contribution in [0.25, 0.3) is 11.2 Å². The second kappa shape index (κ2) is 4.37. The Morgan fingerprint density at radius 3 is 2.70 bits per heavy atom. The number of ether oxygens (including phenoxy) is 1. The van der Waals surface area contributed by atoms with Gasteiger partial charge in [0.1, 0.15) is 24.1 Å². The zero-order valence-electron chi connectivity index (χ0n) is 9.99. The van der Waals surface area contributed by atoms with Crippen molar-refractivity contribution in [3.05, 3.63) is 12.7 Å². The average Bonchev–Trinajstić information content (AvgIpc) is 2.94. The first-order valence-corrected chi connectivity index (χ1v) is 5.68. The fourth-order valence-electron chi connectivity index (χ4n) is 2.15. The number of hydrogen-bond donors (Lipinski definition) is 4. The largest absolute Gasteiger partial charge is 0.479 e. The first-order valence-electron chi connectivity index (χ1n) is 5.68. The molecule has 4 atom stereocenters. The molecule has 2 unspecified atom stereocenters. The van der Waals surface area contributed by atoms with Gasteiger partial charge in [0.2, 0.25) is 0 Å². The van der Waals surface area contributed by atoms with Gasteiger partial charge in [0, 0.05) is 0 Å². The van der Waals surface area contributed by atoms with E-state index in [0.29, 0.717) is 5.52 Å². The van der Waals surface area contributed by atoms with Crippen molar-refractivity contribution in [1.82, 2.24) is 19.5 Å². The van der Waals surface area contributed by atoms with Crippen LogP contribution in [0.1, 0.15) is 6.23 Å². The van der Waals surface area contributed by atoms with E-state index in [9.17, 15) is 15.0 Å². The van der Waals surface area contributed by atoms with Crippen LogP contribution in [-0.2, 0) is 9.53 Å². The molecule has 20 heavy (non-hydrogen) atoms. The first-order chi connectivity index (χ1) is 9.50. The first kappa shape index (κ1) is 12.7. The lowest BCUT2D eigenvalue weighted by molar-refractivity contribution is -0.155. The molecule has 5 N–H and O–H groups in total. The van der Waals surface area contributed by atoms with Crippen LogP contribution in [0.4, 0.5) is 5.82 Å². The second-order valence-corrected chi connectivity index (χ2v) is 4.35. The SMILES string of the molecule is Nc1ncnc2c1ncn2[C@@H]1O[C@H](C(=O)O)C(O)C1O. The number of hydrogen-bond acceptors (Lipinski definition) is 8. The summed E-state index contributed by atoms with van der Waals surface area (Å²) in [5.74, 6) is -1.21. The predicted molar refractivity (Wildman–Crippen MR) is 63.3 cm³/mol. The van der Waals surface area contributed by atoms with Gasteiger partial charge in [-0.05, 0) is 0 Å². The Morgan fingerprint density at radius 1 is 1.30 bits per heavy atom. The molecule has 106 valence electrons. The van der Waals surface area contributed by atoms with Gasteiger partial charge in [-0.25, -0.2) is 19.7 Å². The zero-order chi connectivity index (χ0) is 14.4. The van der Waals surface area contributed by atoms with E-state index in [0.717, 1.165) is 0 Å². The number of aliphatic hydroxyl groups excluding tert-OH is 2. The number of aliphatic hydroxyl groups is 2. The van der Waals surface area contributed by atoms with Crippen molar-refractivity contribution < 1.29 is 24.9 Å².